The van der Waals surface area contributed by atoms with Crippen LogP contribution in [0, 0.1) is 5.92 Å². The van der Waals surface area contributed by atoms with Gasteiger partial charge in [0.15, 0.2) is 0 Å². The molecule has 1 heterocycles. The van der Waals surface area contributed by atoms with Crippen LogP contribution >= 0.6 is 0 Å². The predicted octanol–water partition coefficient (Wildman–Crippen LogP) is 1.88. The molecule has 1 aliphatic carbocycles. The van der Waals surface area contributed by atoms with E-state index in [1.165, 1.54) is 12.8 Å². The van der Waals surface area contributed by atoms with E-state index in [9.17, 15) is 4.39 Å². The third-order valence-corrected chi connectivity index (χ3v) is 3.08. The summed E-state index contributed by atoms with van der Waals surface area (Å²) < 4.78 is 12.9. The number of nitrogens with one attached hydrogen (secondary N) is 1. The highest BCUT2D eigenvalue weighted by Gasteiger charge is 2.31. The van der Waals surface area contributed by atoms with Gasteiger partial charge in [0.1, 0.15) is 6.17 Å². The third kappa shape index (κ3) is 1.56. The SMILES string of the molecule is FC1CCC2NCCCC2C1. The molecule has 0 radical (unpaired) electrons. The Hall–Kier alpha value is -0.110. The highest BCUT2D eigenvalue weighted by molar-refractivity contribution is 4.87. The number of hydrogen-bond acceptors (Lipinski definition) is 1. The van der Waals surface area contributed by atoms with Gasteiger partial charge in [-0.25, -0.2) is 4.39 Å². The quantitative estimate of drug-likeness (QED) is 0.566. The van der Waals surface area contributed by atoms with Crippen molar-refractivity contribution in [1.29, 1.82) is 0 Å². The van der Waals surface area contributed by atoms with E-state index < -0.39 is 6.17 Å². The number of hydrogen-bond donors (Lipinski definition) is 1. The molecule has 2 rings (SSSR count). The average Bonchev–Trinajstić information content (AvgIpc) is 2.04. The van der Waals surface area contributed by atoms with E-state index in [0.717, 1.165) is 25.8 Å². The van der Waals surface area contributed by atoms with E-state index in [4.69, 9.17) is 0 Å². The molecule has 3 atom stereocenters. The average molecular weight is 157 g/mol. The van der Waals surface area contributed by atoms with Crippen LogP contribution < -0.4 is 5.32 Å². The summed E-state index contributed by atoms with van der Waals surface area (Å²) in [5.41, 5.74) is 0. The molecule has 0 aromatic carbocycles. The Kier molecular flexibility index (Phi) is 2.12. The smallest absolute Gasteiger partial charge is 0.100 e. The fraction of sp³-hybridized carbons (Fsp3) is 1.00. The van der Waals surface area contributed by atoms with Crippen molar-refractivity contribution in [3.05, 3.63) is 0 Å². The molecule has 0 aromatic rings. The Labute approximate surface area is 67.4 Å². The Morgan fingerprint density at radius 2 is 2.09 bits per heavy atom. The van der Waals surface area contributed by atoms with Gasteiger partial charge in [0.25, 0.3) is 0 Å². The fourth-order valence-electron chi connectivity index (χ4n) is 2.45. The van der Waals surface area contributed by atoms with Crippen LogP contribution in [0.4, 0.5) is 4.39 Å². The van der Waals surface area contributed by atoms with Gasteiger partial charge >= 0.3 is 0 Å². The van der Waals surface area contributed by atoms with Crippen LogP contribution in [-0.2, 0) is 0 Å². The van der Waals surface area contributed by atoms with Gasteiger partial charge in [-0.2, -0.15) is 0 Å². The van der Waals surface area contributed by atoms with E-state index in [0.29, 0.717) is 12.0 Å². The van der Waals surface area contributed by atoms with Gasteiger partial charge in [0.05, 0.1) is 0 Å². The van der Waals surface area contributed by atoms with Crippen molar-refractivity contribution in [2.75, 3.05) is 6.54 Å². The highest BCUT2D eigenvalue weighted by atomic mass is 19.1. The molecule has 0 amide bonds. The largest absolute Gasteiger partial charge is 0.314 e. The zero-order valence-corrected chi connectivity index (χ0v) is 6.85. The van der Waals surface area contributed by atoms with E-state index in [1.807, 2.05) is 0 Å². The van der Waals surface area contributed by atoms with Gasteiger partial charge in [-0.05, 0) is 44.6 Å². The zero-order chi connectivity index (χ0) is 7.68. The number of fused-ring (bicyclic) bond motifs is 1. The molecular formula is C9H16FN. The zero-order valence-electron chi connectivity index (χ0n) is 6.85. The molecule has 2 aliphatic rings. The lowest BCUT2D eigenvalue weighted by Crippen LogP contribution is -2.45. The van der Waals surface area contributed by atoms with E-state index in [1.54, 1.807) is 0 Å². The van der Waals surface area contributed by atoms with Gasteiger partial charge in [0, 0.05) is 6.04 Å². The summed E-state index contributed by atoms with van der Waals surface area (Å²) in [5, 5.41) is 3.47. The molecule has 0 aromatic heterocycles. The topological polar surface area (TPSA) is 12.0 Å². The summed E-state index contributed by atoms with van der Waals surface area (Å²) in [6, 6.07) is 0.649. The van der Waals surface area contributed by atoms with Crippen LogP contribution in [0.1, 0.15) is 32.1 Å². The van der Waals surface area contributed by atoms with Gasteiger partial charge in [-0.1, -0.05) is 0 Å². The van der Waals surface area contributed by atoms with Crippen LogP contribution in [0.15, 0.2) is 0 Å². The molecule has 0 spiro atoms. The van der Waals surface area contributed by atoms with Crippen molar-refractivity contribution in [3.63, 3.8) is 0 Å². The number of piperidine rings is 1. The Morgan fingerprint density at radius 1 is 1.18 bits per heavy atom. The highest BCUT2D eigenvalue weighted by Crippen LogP contribution is 2.31. The number of alkyl halides is 1. The van der Waals surface area contributed by atoms with Crippen molar-refractivity contribution < 1.29 is 4.39 Å². The first-order valence-corrected chi connectivity index (χ1v) is 4.74. The number of halogens is 1. The van der Waals surface area contributed by atoms with Gasteiger partial charge < -0.3 is 5.32 Å². The summed E-state index contributed by atoms with van der Waals surface area (Å²) in [5.74, 6) is 0.646. The minimum Gasteiger partial charge on any atom is -0.314 e. The number of rotatable bonds is 0. The Morgan fingerprint density at radius 3 is 3.00 bits per heavy atom. The molecule has 1 saturated carbocycles. The standard InChI is InChI=1S/C9H16FN/c10-8-3-4-9-7(6-8)2-1-5-11-9/h7-9,11H,1-6H2. The lowest BCUT2D eigenvalue weighted by Gasteiger charge is -2.37. The molecule has 3 unspecified atom stereocenters. The first-order valence-electron chi connectivity index (χ1n) is 4.74. The maximum Gasteiger partial charge on any atom is 0.100 e. The monoisotopic (exact) mass is 157 g/mol. The summed E-state index contributed by atoms with van der Waals surface area (Å²) in [6.07, 6.45) is 4.65. The summed E-state index contributed by atoms with van der Waals surface area (Å²) in [6.45, 7) is 1.15. The molecule has 1 N–H and O–H groups in total. The molecule has 11 heavy (non-hydrogen) atoms. The summed E-state index contributed by atoms with van der Waals surface area (Å²) >= 11 is 0. The molecular weight excluding hydrogens is 141 g/mol. The molecule has 1 nitrogen and oxygen atoms in total. The molecule has 1 aliphatic heterocycles. The van der Waals surface area contributed by atoms with E-state index >= 15 is 0 Å². The van der Waals surface area contributed by atoms with Crippen LogP contribution in [0.5, 0.6) is 0 Å². The minimum atomic E-state index is -0.504. The maximum atomic E-state index is 12.9. The molecule has 2 fully saturated rings. The summed E-state index contributed by atoms with van der Waals surface area (Å²) in [7, 11) is 0. The molecule has 0 bridgehead atoms. The minimum absolute atomic E-state index is 0.504. The lowest BCUT2D eigenvalue weighted by atomic mass is 9.79. The second kappa shape index (κ2) is 3.10. The van der Waals surface area contributed by atoms with Gasteiger partial charge in [0.2, 0.25) is 0 Å². The Balaban J connectivity index is 1.93. The van der Waals surface area contributed by atoms with Crippen molar-refractivity contribution in [3.8, 4) is 0 Å². The predicted molar refractivity (Wildman–Crippen MR) is 43.3 cm³/mol. The van der Waals surface area contributed by atoms with Crippen molar-refractivity contribution in [1.82, 2.24) is 5.32 Å². The first kappa shape index (κ1) is 7.53. The molecule has 1 saturated heterocycles. The van der Waals surface area contributed by atoms with E-state index in [2.05, 4.69) is 5.32 Å². The third-order valence-electron chi connectivity index (χ3n) is 3.08. The van der Waals surface area contributed by atoms with Crippen molar-refractivity contribution in [2.24, 2.45) is 5.92 Å². The fourth-order valence-corrected chi connectivity index (χ4v) is 2.45. The summed E-state index contributed by atoms with van der Waals surface area (Å²) in [4.78, 5) is 0. The van der Waals surface area contributed by atoms with Gasteiger partial charge in [-0.15, -0.1) is 0 Å². The Bertz CT molecular complexity index is 138. The second-order valence-electron chi connectivity index (χ2n) is 3.87. The van der Waals surface area contributed by atoms with E-state index in [-0.39, 0.29) is 0 Å². The van der Waals surface area contributed by atoms with Crippen molar-refractivity contribution >= 4 is 0 Å². The van der Waals surface area contributed by atoms with Crippen LogP contribution in [0.2, 0.25) is 0 Å². The molecule has 2 heteroatoms. The van der Waals surface area contributed by atoms with Crippen LogP contribution in [0.25, 0.3) is 0 Å². The molecule has 64 valence electrons. The van der Waals surface area contributed by atoms with Crippen LogP contribution in [-0.4, -0.2) is 18.8 Å². The van der Waals surface area contributed by atoms with Crippen molar-refractivity contribution in [2.45, 2.75) is 44.3 Å². The second-order valence-corrected chi connectivity index (χ2v) is 3.87. The van der Waals surface area contributed by atoms with Crippen LogP contribution in [0.3, 0.4) is 0 Å². The van der Waals surface area contributed by atoms with Gasteiger partial charge in [-0.3, -0.25) is 0 Å². The lowest BCUT2D eigenvalue weighted by molar-refractivity contribution is 0.133. The maximum absolute atomic E-state index is 12.9. The first-order chi connectivity index (χ1) is 5.36. The normalized spacial score (nSPS) is 45.0.